The third-order valence-electron chi connectivity index (χ3n) is 3.68. The highest BCUT2D eigenvalue weighted by atomic mass is 16.3. The van der Waals surface area contributed by atoms with E-state index in [-0.39, 0.29) is 24.3 Å². The molecule has 19 heavy (non-hydrogen) atoms. The van der Waals surface area contributed by atoms with Crippen molar-refractivity contribution in [2.75, 3.05) is 13.2 Å². The Kier molecular flexibility index (Phi) is 4.80. The first-order valence-electron chi connectivity index (χ1n) is 6.89. The summed E-state index contributed by atoms with van der Waals surface area (Å²) in [7, 11) is 0. The Bertz CT molecular complexity index is 431. The fourth-order valence-electron chi connectivity index (χ4n) is 2.72. The van der Waals surface area contributed by atoms with Crippen LogP contribution in [0.5, 0.6) is 5.75 Å². The quantitative estimate of drug-likeness (QED) is 0.869. The van der Waals surface area contributed by atoms with E-state index in [1.54, 1.807) is 18.2 Å². The molecule has 1 amide bonds. The topological polar surface area (TPSA) is 60.8 Å². The van der Waals surface area contributed by atoms with Gasteiger partial charge in [0.15, 0.2) is 0 Å². The van der Waals surface area contributed by atoms with Gasteiger partial charge in [-0.1, -0.05) is 12.1 Å². The Morgan fingerprint density at radius 2 is 2.21 bits per heavy atom. The number of carbonyl (C=O) groups excluding carboxylic acids is 1. The predicted octanol–water partition coefficient (Wildman–Crippen LogP) is 1.70. The van der Waals surface area contributed by atoms with Crippen LogP contribution in [0.4, 0.5) is 0 Å². The molecule has 0 radical (unpaired) electrons. The summed E-state index contributed by atoms with van der Waals surface area (Å²) in [6, 6.07) is 7.00. The van der Waals surface area contributed by atoms with E-state index in [1.165, 1.54) is 0 Å². The van der Waals surface area contributed by atoms with E-state index in [0.717, 1.165) is 31.4 Å². The number of piperidine rings is 1. The third-order valence-corrected chi connectivity index (χ3v) is 3.68. The van der Waals surface area contributed by atoms with Gasteiger partial charge in [0.05, 0.1) is 6.42 Å². The van der Waals surface area contributed by atoms with E-state index in [9.17, 15) is 9.90 Å². The lowest BCUT2D eigenvalue weighted by atomic mass is 9.98. The smallest absolute Gasteiger partial charge is 0.227 e. The fraction of sp³-hybridized carbons (Fsp3) is 0.533. The zero-order chi connectivity index (χ0) is 13.7. The van der Waals surface area contributed by atoms with Crippen LogP contribution in [-0.4, -0.2) is 40.2 Å². The van der Waals surface area contributed by atoms with Crippen LogP contribution in [0.2, 0.25) is 0 Å². The molecule has 0 spiro atoms. The normalized spacial score (nSPS) is 19.4. The number of nitrogens with zero attached hydrogens (tertiary/aromatic N) is 1. The largest absolute Gasteiger partial charge is 0.508 e. The van der Waals surface area contributed by atoms with Crippen molar-refractivity contribution in [2.24, 2.45) is 0 Å². The number of phenolic OH excluding ortho intramolecular Hbond substituents is 1. The Labute approximate surface area is 113 Å². The summed E-state index contributed by atoms with van der Waals surface area (Å²) in [6.07, 6.45) is 4.11. The second-order valence-electron chi connectivity index (χ2n) is 5.10. The van der Waals surface area contributed by atoms with E-state index >= 15 is 0 Å². The fourth-order valence-corrected chi connectivity index (χ4v) is 2.72. The first-order chi connectivity index (χ1) is 9.20. The van der Waals surface area contributed by atoms with Crippen LogP contribution in [-0.2, 0) is 11.2 Å². The minimum Gasteiger partial charge on any atom is -0.508 e. The molecule has 104 valence electrons. The molecule has 4 heteroatoms. The van der Waals surface area contributed by atoms with Gasteiger partial charge >= 0.3 is 0 Å². The SMILES string of the molecule is O=C(Cc1cccc(O)c1)N1CCCCC1CCO. The van der Waals surface area contributed by atoms with Crippen LogP contribution < -0.4 is 0 Å². The molecule has 1 aromatic rings. The van der Waals surface area contributed by atoms with Gasteiger partial charge in [0.1, 0.15) is 5.75 Å². The Hall–Kier alpha value is -1.55. The van der Waals surface area contributed by atoms with Gasteiger partial charge in [-0.2, -0.15) is 0 Å². The molecule has 1 heterocycles. The number of aliphatic hydroxyl groups is 1. The number of carbonyl (C=O) groups is 1. The zero-order valence-electron chi connectivity index (χ0n) is 11.1. The maximum Gasteiger partial charge on any atom is 0.227 e. The van der Waals surface area contributed by atoms with Crippen LogP contribution in [0, 0.1) is 0 Å². The lowest BCUT2D eigenvalue weighted by Gasteiger charge is -2.35. The second kappa shape index (κ2) is 6.57. The van der Waals surface area contributed by atoms with Crippen LogP contribution in [0.1, 0.15) is 31.2 Å². The summed E-state index contributed by atoms with van der Waals surface area (Å²) in [5, 5.41) is 18.5. The van der Waals surface area contributed by atoms with Gasteiger partial charge in [-0.25, -0.2) is 0 Å². The maximum atomic E-state index is 12.3. The van der Waals surface area contributed by atoms with E-state index in [0.29, 0.717) is 12.8 Å². The molecule has 1 fully saturated rings. The number of amides is 1. The molecule has 0 bridgehead atoms. The molecule has 1 aliphatic rings. The highest BCUT2D eigenvalue weighted by Gasteiger charge is 2.25. The first-order valence-corrected chi connectivity index (χ1v) is 6.89. The number of rotatable bonds is 4. The number of hydrogen-bond acceptors (Lipinski definition) is 3. The van der Waals surface area contributed by atoms with Gasteiger partial charge in [-0.05, 0) is 43.4 Å². The molecule has 1 unspecified atom stereocenters. The molecule has 0 saturated carbocycles. The van der Waals surface area contributed by atoms with E-state index in [4.69, 9.17) is 5.11 Å². The van der Waals surface area contributed by atoms with E-state index in [1.807, 2.05) is 11.0 Å². The molecule has 4 nitrogen and oxygen atoms in total. The zero-order valence-corrected chi connectivity index (χ0v) is 11.1. The van der Waals surface area contributed by atoms with Crippen molar-refractivity contribution in [2.45, 2.75) is 38.1 Å². The van der Waals surface area contributed by atoms with Crippen molar-refractivity contribution in [1.29, 1.82) is 0 Å². The lowest BCUT2D eigenvalue weighted by Crippen LogP contribution is -2.44. The molecular weight excluding hydrogens is 242 g/mol. The number of aromatic hydroxyl groups is 1. The first kappa shape index (κ1) is 13.9. The number of phenols is 1. The highest BCUT2D eigenvalue weighted by Crippen LogP contribution is 2.21. The van der Waals surface area contributed by atoms with E-state index < -0.39 is 0 Å². The minimum atomic E-state index is 0.0868. The van der Waals surface area contributed by atoms with Gasteiger partial charge < -0.3 is 15.1 Å². The third kappa shape index (κ3) is 3.70. The summed E-state index contributed by atoms with van der Waals surface area (Å²) in [5.74, 6) is 0.277. The second-order valence-corrected chi connectivity index (χ2v) is 5.10. The van der Waals surface area contributed by atoms with Crippen LogP contribution in [0.25, 0.3) is 0 Å². The summed E-state index contributed by atoms with van der Waals surface area (Å²) < 4.78 is 0. The molecule has 1 atom stereocenters. The van der Waals surface area contributed by atoms with Gasteiger partial charge in [-0.3, -0.25) is 4.79 Å². The van der Waals surface area contributed by atoms with Crippen molar-refractivity contribution < 1.29 is 15.0 Å². The molecule has 0 aliphatic carbocycles. The Balaban J connectivity index is 2.01. The molecule has 2 N–H and O–H groups in total. The molecule has 1 aromatic carbocycles. The van der Waals surface area contributed by atoms with Crippen molar-refractivity contribution in [3.8, 4) is 5.75 Å². The maximum absolute atomic E-state index is 12.3. The number of hydrogen-bond donors (Lipinski definition) is 2. The van der Waals surface area contributed by atoms with Crippen LogP contribution >= 0.6 is 0 Å². The van der Waals surface area contributed by atoms with Crippen LogP contribution in [0.15, 0.2) is 24.3 Å². The molecule has 2 rings (SSSR count). The molecular formula is C15H21NO3. The van der Waals surface area contributed by atoms with Crippen LogP contribution in [0.3, 0.4) is 0 Å². The van der Waals surface area contributed by atoms with Gasteiger partial charge in [0, 0.05) is 19.2 Å². The van der Waals surface area contributed by atoms with Crippen molar-refractivity contribution in [3.63, 3.8) is 0 Å². The summed E-state index contributed by atoms with van der Waals surface area (Å²) in [6.45, 7) is 0.906. The minimum absolute atomic E-state index is 0.0868. The lowest BCUT2D eigenvalue weighted by molar-refractivity contribution is -0.134. The van der Waals surface area contributed by atoms with Crippen molar-refractivity contribution >= 4 is 5.91 Å². The van der Waals surface area contributed by atoms with Gasteiger partial charge in [0.2, 0.25) is 5.91 Å². The average Bonchev–Trinajstić information content (AvgIpc) is 2.39. The van der Waals surface area contributed by atoms with Crippen molar-refractivity contribution in [3.05, 3.63) is 29.8 Å². The average molecular weight is 263 g/mol. The summed E-state index contributed by atoms with van der Waals surface area (Å²) in [5.41, 5.74) is 0.832. The molecule has 0 aromatic heterocycles. The number of benzene rings is 1. The Morgan fingerprint density at radius 1 is 1.37 bits per heavy atom. The molecule has 1 aliphatic heterocycles. The Morgan fingerprint density at radius 3 is 2.95 bits per heavy atom. The summed E-state index contributed by atoms with van der Waals surface area (Å²) in [4.78, 5) is 14.2. The van der Waals surface area contributed by atoms with E-state index in [2.05, 4.69) is 0 Å². The van der Waals surface area contributed by atoms with Crippen molar-refractivity contribution in [1.82, 2.24) is 4.90 Å². The monoisotopic (exact) mass is 263 g/mol. The standard InChI is InChI=1S/C15H21NO3/c17-9-7-13-5-1-2-8-16(13)15(19)11-12-4-3-6-14(18)10-12/h3-4,6,10,13,17-18H,1-2,5,7-9,11H2. The number of aliphatic hydroxyl groups excluding tert-OH is 1. The van der Waals surface area contributed by atoms with Gasteiger partial charge in [-0.15, -0.1) is 0 Å². The van der Waals surface area contributed by atoms with Gasteiger partial charge in [0.25, 0.3) is 0 Å². The summed E-state index contributed by atoms with van der Waals surface area (Å²) >= 11 is 0. The molecule has 1 saturated heterocycles. The highest BCUT2D eigenvalue weighted by molar-refractivity contribution is 5.79. The predicted molar refractivity (Wildman–Crippen MR) is 72.9 cm³/mol. The number of likely N-dealkylation sites (tertiary alicyclic amines) is 1.